The summed E-state index contributed by atoms with van der Waals surface area (Å²) in [7, 11) is 0. The van der Waals surface area contributed by atoms with Crippen LogP contribution in [0.25, 0.3) is 0 Å². The molecule has 1 atom stereocenters. The predicted octanol–water partition coefficient (Wildman–Crippen LogP) is 2.29. The van der Waals surface area contributed by atoms with Crippen LogP contribution >= 0.6 is 0 Å². The molecule has 0 spiro atoms. The molecule has 1 aliphatic rings. The van der Waals surface area contributed by atoms with Crippen molar-refractivity contribution in [3.05, 3.63) is 29.8 Å². The van der Waals surface area contributed by atoms with Crippen molar-refractivity contribution >= 4 is 11.6 Å². The Labute approximate surface area is 127 Å². The standard InChI is InChI=1S/C17H27N3O/c1-13(21)19-15-9-10-20(12-15)16-7-5-14(6-8-16)11-18-17(2,3)4/h5-8,15,18H,9-12H2,1-4H3,(H,19,21). The van der Waals surface area contributed by atoms with Crippen LogP contribution in [-0.4, -0.2) is 30.6 Å². The van der Waals surface area contributed by atoms with Crippen molar-refractivity contribution in [2.24, 2.45) is 0 Å². The van der Waals surface area contributed by atoms with Crippen molar-refractivity contribution in [2.45, 2.75) is 52.2 Å². The minimum Gasteiger partial charge on any atom is -0.369 e. The molecule has 1 aromatic rings. The van der Waals surface area contributed by atoms with Gasteiger partial charge in [-0.3, -0.25) is 4.79 Å². The van der Waals surface area contributed by atoms with Crippen molar-refractivity contribution in [3.8, 4) is 0 Å². The molecule has 0 bridgehead atoms. The second-order valence-corrected chi connectivity index (χ2v) is 6.90. The number of benzene rings is 1. The quantitative estimate of drug-likeness (QED) is 0.894. The van der Waals surface area contributed by atoms with Gasteiger partial charge in [-0.25, -0.2) is 0 Å². The molecule has 1 amide bonds. The van der Waals surface area contributed by atoms with Gasteiger partial charge in [0.25, 0.3) is 0 Å². The molecular formula is C17H27N3O. The highest BCUT2D eigenvalue weighted by molar-refractivity contribution is 5.73. The van der Waals surface area contributed by atoms with E-state index in [2.05, 4.69) is 60.6 Å². The molecule has 4 nitrogen and oxygen atoms in total. The van der Waals surface area contributed by atoms with Crippen molar-refractivity contribution in [3.63, 3.8) is 0 Å². The monoisotopic (exact) mass is 289 g/mol. The Morgan fingerprint density at radius 2 is 1.95 bits per heavy atom. The van der Waals surface area contributed by atoms with E-state index in [0.29, 0.717) is 0 Å². The number of hydrogen-bond acceptors (Lipinski definition) is 3. The van der Waals surface area contributed by atoms with Gasteiger partial charge in [-0.2, -0.15) is 0 Å². The maximum Gasteiger partial charge on any atom is 0.217 e. The molecule has 2 rings (SSSR count). The molecule has 1 fully saturated rings. The number of nitrogens with zero attached hydrogens (tertiary/aromatic N) is 1. The largest absolute Gasteiger partial charge is 0.369 e. The van der Waals surface area contributed by atoms with E-state index in [1.54, 1.807) is 6.92 Å². The van der Waals surface area contributed by atoms with Gasteiger partial charge in [0.05, 0.1) is 0 Å². The van der Waals surface area contributed by atoms with Gasteiger partial charge in [-0.15, -0.1) is 0 Å². The van der Waals surface area contributed by atoms with E-state index in [1.807, 2.05) is 0 Å². The average molecular weight is 289 g/mol. The summed E-state index contributed by atoms with van der Waals surface area (Å²) in [4.78, 5) is 13.4. The molecule has 0 aromatic heterocycles. The lowest BCUT2D eigenvalue weighted by atomic mass is 10.1. The summed E-state index contributed by atoms with van der Waals surface area (Å²) < 4.78 is 0. The Balaban J connectivity index is 1.89. The molecule has 0 radical (unpaired) electrons. The topological polar surface area (TPSA) is 44.4 Å². The zero-order chi connectivity index (χ0) is 15.5. The maximum atomic E-state index is 11.1. The van der Waals surface area contributed by atoms with Crippen molar-refractivity contribution < 1.29 is 4.79 Å². The maximum absolute atomic E-state index is 11.1. The number of carbonyl (C=O) groups excluding carboxylic acids is 1. The normalized spacial score (nSPS) is 18.9. The van der Waals surface area contributed by atoms with Gasteiger partial charge >= 0.3 is 0 Å². The second kappa shape index (κ2) is 6.48. The van der Waals surface area contributed by atoms with E-state index in [1.165, 1.54) is 11.3 Å². The molecule has 0 saturated carbocycles. The van der Waals surface area contributed by atoms with Gasteiger partial charge in [0.15, 0.2) is 0 Å². The minimum absolute atomic E-state index is 0.0606. The van der Waals surface area contributed by atoms with Crippen LogP contribution in [0.1, 0.15) is 39.7 Å². The molecule has 1 unspecified atom stereocenters. The van der Waals surface area contributed by atoms with Crippen LogP contribution in [0.15, 0.2) is 24.3 Å². The Kier molecular flexibility index (Phi) is 4.88. The summed E-state index contributed by atoms with van der Waals surface area (Å²) >= 11 is 0. The third-order valence-electron chi connectivity index (χ3n) is 3.72. The van der Waals surface area contributed by atoms with Crippen LogP contribution in [0.2, 0.25) is 0 Å². The number of hydrogen-bond donors (Lipinski definition) is 2. The molecule has 1 saturated heterocycles. The zero-order valence-corrected chi connectivity index (χ0v) is 13.6. The molecule has 4 heteroatoms. The smallest absolute Gasteiger partial charge is 0.217 e. The third-order valence-corrected chi connectivity index (χ3v) is 3.72. The van der Waals surface area contributed by atoms with Gasteiger partial charge in [-0.1, -0.05) is 12.1 Å². The van der Waals surface area contributed by atoms with E-state index in [4.69, 9.17) is 0 Å². The minimum atomic E-state index is 0.0606. The van der Waals surface area contributed by atoms with Crippen LogP contribution in [0.3, 0.4) is 0 Å². The molecule has 1 aromatic carbocycles. The molecule has 1 aliphatic heterocycles. The highest BCUT2D eigenvalue weighted by Gasteiger charge is 2.23. The Morgan fingerprint density at radius 3 is 2.52 bits per heavy atom. The molecule has 2 N–H and O–H groups in total. The predicted molar refractivity (Wildman–Crippen MR) is 87.5 cm³/mol. The van der Waals surface area contributed by atoms with E-state index in [9.17, 15) is 4.79 Å². The van der Waals surface area contributed by atoms with E-state index in [0.717, 1.165) is 26.1 Å². The average Bonchev–Trinajstić information content (AvgIpc) is 2.84. The summed E-state index contributed by atoms with van der Waals surface area (Å²) in [6, 6.07) is 9.00. The second-order valence-electron chi connectivity index (χ2n) is 6.90. The van der Waals surface area contributed by atoms with Crippen molar-refractivity contribution in [2.75, 3.05) is 18.0 Å². The fourth-order valence-electron chi connectivity index (χ4n) is 2.59. The van der Waals surface area contributed by atoms with Gasteiger partial charge in [-0.05, 0) is 44.9 Å². The summed E-state index contributed by atoms with van der Waals surface area (Å²) in [6.07, 6.45) is 1.02. The van der Waals surface area contributed by atoms with Crippen LogP contribution in [0.5, 0.6) is 0 Å². The first-order valence-electron chi connectivity index (χ1n) is 7.69. The van der Waals surface area contributed by atoms with Gasteiger partial charge < -0.3 is 15.5 Å². The molecular weight excluding hydrogens is 262 g/mol. The van der Waals surface area contributed by atoms with Crippen LogP contribution in [0, 0.1) is 0 Å². The highest BCUT2D eigenvalue weighted by atomic mass is 16.1. The van der Waals surface area contributed by atoms with E-state index in [-0.39, 0.29) is 17.5 Å². The first-order chi connectivity index (χ1) is 9.83. The molecule has 0 aliphatic carbocycles. The van der Waals surface area contributed by atoms with Gasteiger partial charge in [0.1, 0.15) is 0 Å². The molecule has 1 heterocycles. The lowest BCUT2D eigenvalue weighted by Gasteiger charge is -2.22. The molecule has 116 valence electrons. The Morgan fingerprint density at radius 1 is 1.29 bits per heavy atom. The van der Waals surface area contributed by atoms with E-state index < -0.39 is 0 Å². The Bertz CT molecular complexity index is 476. The van der Waals surface area contributed by atoms with E-state index >= 15 is 0 Å². The summed E-state index contributed by atoms with van der Waals surface area (Å²) in [5.74, 6) is 0.0606. The van der Waals surface area contributed by atoms with Gasteiger partial charge in [0.2, 0.25) is 5.91 Å². The first-order valence-corrected chi connectivity index (χ1v) is 7.69. The summed E-state index contributed by atoms with van der Waals surface area (Å²) in [6.45, 7) is 10.9. The Hall–Kier alpha value is -1.55. The number of nitrogens with one attached hydrogen (secondary N) is 2. The van der Waals surface area contributed by atoms with Crippen molar-refractivity contribution in [1.29, 1.82) is 0 Å². The lowest BCUT2D eigenvalue weighted by molar-refractivity contribution is -0.119. The number of carbonyl (C=O) groups is 1. The van der Waals surface area contributed by atoms with Crippen LogP contribution in [-0.2, 0) is 11.3 Å². The zero-order valence-electron chi connectivity index (χ0n) is 13.6. The SMILES string of the molecule is CC(=O)NC1CCN(c2ccc(CNC(C)(C)C)cc2)C1. The lowest BCUT2D eigenvalue weighted by Crippen LogP contribution is -2.35. The fraction of sp³-hybridized carbons (Fsp3) is 0.588. The summed E-state index contributed by atoms with van der Waals surface area (Å²) in [5.41, 5.74) is 2.67. The summed E-state index contributed by atoms with van der Waals surface area (Å²) in [5, 5.41) is 6.49. The molecule has 21 heavy (non-hydrogen) atoms. The van der Waals surface area contributed by atoms with Crippen LogP contribution in [0.4, 0.5) is 5.69 Å². The number of rotatable bonds is 4. The fourth-order valence-corrected chi connectivity index (χ4v) is 2.59. The first kappa shape index (κ1) is 15.8. The van der Waals surface area contributed by atoms with Crippen LogP contribution < -0.4 is 15.5 Å². The number of amides is 1. The van der Waals surface area contributed by atoms with Gasteiger partial charge in [0, 0.05) is 43.8 Å². The number of anilines is 1. The highest BCUT2D eigenvalue weighted by Crippen LogP contribution is 2.21. The van der Waals surface area contributed by atoms with Crippen molar-refractivity contribution in [1.82, 2.24) is 10.6 Å². The third kappa shape index (κ3) is 5.05.